The second-order valence-electron chi connectivity index (χ2n) is 3.13. The Labute approximate surface area is 60.7 Å². The molecule has 1 aliphatic rings. The van der Waals surface area contributed by atoms with E-state index in [1.165, 1.54) is 0 Å². The predicted molar refractivity (Wildman–Crippen MR) is 37.6 cm³/mol. The summed E-state index contributed by atoms with van der Waals surface area (Å²) in [4.78, 5) is 10.8. The van der Waals surface area contributed by atoms with Gasteiger partial charge in [-0.05, 0) is 20.8 Å². The van der Waals surface area contributed by atoms with Crippen LogP contribution in [0.3, 0.4) is 0 Å². The predicted octanol–water partition coefficient (Wildman–Crippen LogP) is 0.300. The molecule has 0 aromatic heterocycles. The third kappa shape index (κ3) is 1.55. The Hall–Kier alpha value is -0.410. The molecule has 1 N–H and O–H groups in total. The van der Waals surface area contributed by atoms with E-state index < -0.39 is 0 Å². The van der Waals surface area contributed by atoms with Crippen LogP contribution in [0.1, 0.15) is 20.8 Å². The molecule has 1 rings (SSSR count). The molecule has 10 heavy (non-hydrogen) atoms. The van der Waals surface area contributed by atoms with Crippen LogP contribution in [0.4, 0.5) is 0 Å². The van der Waals surface area contributed by atoms with Gasteiger partial charge in [-0.3, -0.25) is 10.1 Å². The minimum Gasteiger partial charge on any atom is -0.359 e. The molecule has 0 saturated carbocycles. The number of ether oxygens (including phenoxy) is 1. The number of ketones is 1. The zero-order chi connectivity index (χ0) is 7.78. The van der Waals surface area contributed by atoms with Crippen molar-refractivity contribution in [2.45, 2.75) is 32.5 Å². The molecule has 0 bridgehead atoms. The summed E-state index contributed by atoms with van der Waals surface area (Å²) in [5, 5.41) is 3.06. The molecule has 1 fully saturated rings. The van der Waals surface area contributed by atoms with Crippen molar-refractivity contribution in [1.29, 1.82) is 0 Å². The van der Waals surface area contributed by atoms with Crippen molar-refractivity contribution in [3.05, 3.63) is 0 Å². The first-order chi connectivity index (χ1) is 4.51. The lowest BCUT2D eigenvalue weighted by molar-refractivity contribution is -0.118. The van der Waals surface area contributed by atoms with E-state index in [1.807, 2.05) is 13.8 Å². The lowest BCUT2D eigenvalue weighted by Gasteiger charge is -2.16. The number of hydrogen-bond donors (Lipinski definition) is 1. The second kappa shape index (κ2) is 2.32. The molecular formula is C7H13NO2. The van der Waals surface area contributed by atoms with Crippen LogP contribution in [-0.4, -0.2) is 24.2 Å². The zero-order valence-corrected chi connectivity index (χ0v) is 6.60. The Morgan fingerprint density at radius 2 is 2.30 bits per heavy atom. The molecule has 1 atom stereocenters. The number of nitrogens with one attached hydrogen (secondary N) is 1. The van der Waals surface area contributed by atoms with Gasteiger partial charge in [0, 0.05) is 0 Å². The maximum Gasteiger partial charge on any atom is 0.149 e. The Morgan fingerprint density at radius 3 is 2.50 bits per heavy atom. The number of carbonyl (C=O) groups is 1. The molecule has 1 heterocycles. The molecule has 3 nitrogen and oxygen atoms in total. The van der Waals surface area contributed by atoms with Gasteiger partial charge in [-0.2, -0.15) is 0 Å². The van der Waals surface area contributed by atoms with E-state index in [0.717, 1.165) is 0 Å². The van der Waals surface area contributed by atoms with E-state index in [0.29, 0.717) is 6.61 Å². The highest BCUT2D eigenvalue weighted by atomic mass is 16.5. The van der Waals surface area contributed by atoms with E-state index in [-0.39, 0.29) is 17.6 Å². The average molecular weight is 143 g/mol. The van der Waals surface area contributed by atoms with Crippen LogP contribution < -0.4 is 5.32 Å². The monoisotopic (exact) mass is 143 g/mol. The summed E-state index contributed by atoms with van der Waals surface area (Å²) in [5.41, 5.74) is -0.323. The highest BCUT2D eigenvalue weighted by molar-refractivity contribution is 5.81. The minimum absolute atomic E-state index is 0.102. The molecule has 0 aromatic carbocycles. The van der Waals surface area contributed by atoms with Gasteiger partial charge in [-0.15, -0.1) is 0 Å². The van der Waals surface area contributed by atoms with Crippen LogP contribution in [0.5, 0.6) is 0 Å². The molecule has 1 aliphatic heterocycles. The van der Waals surface area contributed by atoms with E-state index >= 15 is 0 Å². The summed E-state index contributed by atoms with van der Waals surface area (Å²) in [6, 6.07) is -0.102. The standard InChI is InChI=1S/C7H13NO2/c1-5(9)6-4-10-7(2,3)8-6/h6,8H,4H2,1-3H3. The van der Waals surface area contributed by atoms with Crippen molar-refractivity contribution in [3.63, 3.8) is 0 Å². The van der Waals surface area contributed by atoms with Gasteiger partial charge < -0.3 is 4.74 Å². The lowest BCUT2D eigenvalue weighted by atomic mass is 10.2. The summed E-state index contributed by atoms with van der Waals surface area (Å²) in [6.45, 7) is 5.90. The van der Waals surface area contributed by atoms with Crippen molar-refractivity contribution < 1.29 is 9.53 Å². The molecule has 0 aliphatic carbocycles. The van der Waals surface area contributed by atoms with E-state index in [2.05, 4.69) is 5.32 Å². The molecule has 0 radical (unpaired) electrons. The highest BCUT2D eigenvalue weighted by Crippen LogP contribution is 2.14. The van der Waals surface area contributed by atoms with Crippen LogP contribution in [0.25, 0.3) is 0 Å². The van der Waals surface area contributed by atoms with E-state index in [4.69, 9.17) is 4.74 Å². The Balaban J connectivity index is 2.51. The molecule has 0 amide bonds. The van der Waals surface area contributed by atoms with Gasteiger partial charge in [0.15, 0.2) is 0 Å². The summed E-state index contributed by atoms with van der Waals surface area (Å²) in [5.74, 6) is 0.144. The van der Waals surface area contributed by atoms with Gasteiger partial charge >= 0.3 is 0 Å². The van der Waals surface area contributed by atoms with Gasteiger partial charge in [0.1, 0.15) is 11.5 Å². The topological polar surface area (TPSA) is 38.3 Å². The third-order valence-electron chi connectivity index (χ3n) is 1.62. The third-order valence-corrected chi connectivity index (χ3v) is 1.62. The van der Waals surface area contributed by atoms with Gasteiger partial charge in [-0.1, -0.05) is 0 Å². The number of carbonyl (C=O) groups excluding carboxylic acids is 1. The Bertz CT molecular complexity index is 154. The first-order valence-corrected chi connectivity index (χ1v) is 3.43. The van der Waals surface area contributed by atoms with Crippen LogP contribution in [0, 0.1) is 0 Å². The van der Waals surface area contributed by atoms with Crippen LogP contribution in [0.15, 0.2) is 0 Å². The van der Waals surface area contributed by atoms with Crippen molar-refractivity contribution in [2.24, 2.45) is 0 Å². The smallest absolute Gasteiger partial charge is 0.149 e. The number of rotatable bonds is 1. The summed E-state index contributed by atoms with van der Waals surface area (Å²) in [6.07, 6.45) is 0. The SMILES string of the molecule is CC(=O)C1COC(C)(C)N1. The largest absolute Gasteiger partial charge is 0.359 e. The molecular weight excluding hydrogens is 130 g/mol. The maximum absolute atomic E-state index is 10.8. The summed E-state index contributed by atoms with van der Waals surface area (Å²) in [7, 11) is 0. The summed E-state index contributed by atoms with van der Waals surface area (Å²) < 4.78 is 5.28. The lowest BCUT2D eigenvalue weighted by Crippen LogP contribution is -2.41. The van der Waals surface area contributed by atoms with Crippen molar-refractivity contribution >= 4 is 5.78 Å². The summed E-state index contributed by atoms with van der Waals surface area (Å²) >= 11 is 0. The van der Waals surface area contributed by atoms with Crippen molar-refractivity contribution in [1.82, 2.24) is 5.32 Å². The van der Waals surface area contributed by atoms with Crippen LogP contribution >= 0.6 is 0 Å². The fourth-order valence-corrected chi connectivity index (χ4v) is 1.01. The second-order valence-corrected chi connectivity index (χ2v) is 3.13. The normalized spacial score (nSPS) is 30.5. The zero-order valence-electron chi connectivity index (χ0n) is 6.60. The van der Waals surface area contributed by atoms with Crippen LogP contribution in [-0.2, 0) is 9.53 Å². The molecule has 0 spiro atoms. The van der Waals surface area contributed by atoms with Gasteiger partial charge in [0.05, 0.1) is 12.6 Å². The van der Waals surface area contributed by atoms with Crippen molar-refractivity contribution in [3.8, 4) is 0 Å². The molecule has 58 valence electrons. The maximum atomic E-state index is 10.8. The average Bonchev–Trinajstić information content (AvgIpc) is 2.10. The highest BCUT2D eigenvalue weighted by Gasteiger charge is 2.32. The number of Topliss-reactive ketones (excluding diaryl/α,β-unsaturated/α-hetero) is 1. The molecule has 3 heteroatoms. The quantitative estimate of drug-likeness (QED) is 0.573. The Morgan fingerprint density at radius 1 is 1.70 bits per heavy atom. The van der Waals surface area contributed by atoms with E-state index in [1.54, 1.807) is 6.92 Å². The van der Waals surface area contributed by atoms with E-state index in [9.17, 15) is 4.79 Å². The first-order valence-electron chi connectivity index (χ1n) is 3.43. The molecule has 0 aromatic rings. The fourth-order valence-electron chi connectivity index (χ4n) is 1.01. The van der Waals surface area contributed by atoms with Gasteiger partial charge in [0.2, 0.25) is 0 Å². The van der Waals surface area contributed by atoms with Crippen LogP contribution in [0.2, 0.25) is 0 Å². The fraction of sp³-hybridized carbons (Fsp3) is 0.857. The van der Waals surface area contributed by atoms with Gasteiger partial charge in [-0.25, -0.2) is 0 Å². The minimum atomic E-state index is -0.323. The van der Waals surface area contributed by atoms with Crippen molar-refractivity contribution in [2.75, 3.05) is 6.61 Å². The molecule has 1 unspecified atom stereocenters. The first kappa shape index (κ1) is 7.69. The Kier molecular flexibility index (Phi) is 1.79. The van der Waals surface area contributed by atoms with Gasteiger partial charge in [0.25, 0.3) is 0 Å². The number of hydrogen-bond acceptors (Lipinski definition) is 3. The molecule has 1 saturated heterocycles.